The van der Waals surface area contributed by atoms with Crippen LogP contribution in [-0.2, 0) is 6.42 Å². The lowest BCUT2D eigenvalue weighted by Crippen LogP contribution is -2.21. The van der Waals surface area contributed by atoms with Crippen LogP contribution in [0.1, 0.15) is 12.0 Å². The molecule has 0 saturated carbocycles. The Kier molecular flexibility index (Phi) is 4.56. The van der Waals surface area contributed by atoms with Crippen molar-refractivity contribution in [1.29, 1.82) is 0 Å². The molecule has 0 amide bonds. The number of halogens is 2. The second-order valence-corrected chi connectivity index (χ2v) is 3.79. The fourth-order valence-corrected chi connectivity index (χ4v) is 2.01. The fraction of sp³-hybridized carbons (Fsp3) is 0.455. The molecule has 0 radical (unpaired) electrons. The fourth-order valence-electron chi connectivity index (χ4n) is 1.89. The number of anilines is 1. The summed E-state index contributed by atoms with van der Waals surface area (Å²) >= 11 is 5.68. The first-order valence-electron chi connectivity index (χ1n) is 4.80. The Hall–Kier alpha value is -0.400. The number of alkyl halides is 1. The van der Waals surface area contributed by atoms with Crippen molar-refractivity contribution in [2.45, 2.75) is 12.8 Å². The predicted molar refractivity (Wildman–Crippen MR) is 64.9 cm³/mol. The summed E-state index contributed by atoms with van der Waals surface area (Å²) in [6, 6.07) is 8.65. The third kappa shape index (κ3) is 2.34. The molecule has 1 heterocycles. The Bertz CT molecular complexity index is 288. The van der Waals surface area contributed by atoms with Gasteiger partial charge >= 0.3 is 0 Å². The van der Waals surface area contributed by atoms with Gasteiger partial charge in [0.1, 0.15) is 0 Å². The monoisotopic (exact) mass is 231 g/mol. The second-order valence-electron chi connectivity index (χ2n) is 3.41. The van der Waals surface area contributed by atoms with Crippen molar-refractivity contribution in [2.24, 2.45) is 0 Å². The summed E-state index contributed by atoms with van der Waals surface area (Å²) in [6.45, 7) is 2.26. The van der Waals surface area contributed by atoms with Gasteiger partial charge in [0.15, 0.2) is 0 Å². The average Bonchev–Trinajstić information content (AvgIpc) is 2.58. The molecule has 1 aromatic carbocycles. The summed E-state index contributed by atoms with van der Waals surface area (Å²) in [4.78, 5) is 2.43. The van der Waals surface area contributed by atoms with Gasteiger partial charge in [-0.15, -0.1) is 24.0 Å². The lowest BCUT2D eigenvalue weighted by Gasteiger charge is -2.18. The van der Waals surface area contributed by atoms with Gasteiger partial charge in [-0.05, 0) is 24.5 Å². The van der Waals surface area contributed by atoms with Crippen LogP contribution >= 0.6 is 24.0 Å². The van der Waals surface area contributed by atoms with E-state index in [2.05, 4.69) is 29.2 Å². The summed E-state index contributed by atoms with van der Waals surface area (Å²) < 4.78 is 0. The molecule has 0 N–H and O–H groups in total. The minimum absolute atomic E-state index is 0. The number of rotatable bonds is 3. The molecular weight excluding hydrogens is 217 g/mol. The third-order valence-electron chi connectivity index (χ3n) is 2.55. The van der Waals surface area contributed by atoms with E-state index < -0.39 is 0 Å². The summed E-state index contributed by atoms with van der Waals surface area (Å²) in [5.41, 5.74) is 2.89. The lowest BCUT2D eigenvalue weighted by molar-refractivity contribution is 0.800. The number of fused-ring (bicyclic) bond motifs is 1. The van der Waals surface area contributed by atoms with Crippen LogP contribution in [0.3, 0.4) is 0 Å². The molecule has 78 valence electrons. The molecule has 1 nitrogen and oxygen atoms in total. The van der Waals surface area contributed by atoms with E-state index in [0.717, 1.165) is 25.4 Å². The Morgan fingerprint density at radius 3 is 2.86 bits per heavy atom. The maximum absolute atomic E-state index is 5.68. The van der Waals surface area contributed by atoms with Crippen LogP contribution in [0, 0.1) is 0 Å². The van der Waals surface area contributed by atoms with E-state index in [4.69, 9.17) is 11.6 Å². The first-order chi connectivity index (χ1) is 6.42. The number of hydrogen-bond acceptors (Lipinski definition) is 1. The van der Waals surface area contributed by atoms with Crippen molar-refractivity contribution in [3.05, 3.63) is 29.8 Å². The van der Waals surface area contributed by atoms with Crippen LogP contribution < -0.4 is 4.90 Å². The first kappa shape index (κ1) is 11.7. The number of hydrogen-bond donors (Lipinski definition) is 0. The van der Waals surface area contributed by atoms with Gasteiger partial charge in [-0.3, -0.25) is 0 Å². The molecule has 0 aromatic heterocycles. The molecular formula is C11H15Cl2N. The van der Waals surface area contributed by atoms with Crippen LogP contribution in [0.25, 0.3) is 0 Å². The average molecular weight is 232 g/mol. The standard InChI is InChI=1S/C11H14ClN.ClH/c12-7-3-8-13-9-6-10-4-1-2-5-11(10)13;/h1-2,4-5H,3,6-9H2;1H. The van der Waals surface area contributed by atoms with Gasteiger partial charge in [0.2, 0.25) is 0 Å². The van der Waals surface area contributed by atoms with E-state index in [-0.39, 0.29) is 12.4 Å². The minimum atomic E-state index is 0. The zero-order valence-corrected chi connectivity index (χ0v) is 9.65. The van der Waals surface area contributed by atoms with Gasteiger partial charge in [-0.25, -0.2) is 0 Å². The van der Waals surface area contributed by atoms with Crippen LogP contribution in [0.5, 0.6) is 0 Å². The summed E-state index contributed by atoms with van der Waals surface area (Å²) in [5.74, 6) is 0.763. The summed E-state index contributed by atoms with van der Waals surface area (Å²) in [5, 5.41) is 0. The maximum atomic E-state index is 5.68. The van der Waals surface area contributed by atoms with Crippen molar-refractivity contribution >= 4 is 29.7 Å². The number of nitrogens with zero attached hydrogens (tertiary/aromatic N) is 1. The maximum Gasteiger partial charge on any atom is 0.0399 e. The van der Waals surface area contributed by atoms with Gasteiger partial charge in [-0.2, -0.15) is 0 Å². The van der Waals surface area contributed by atoms with Gasteiger partial charge in [0, 0.05) is 24.7 Å². The molecule has 0 bridgehead atoms. The third-order valence-corrected chi connectivity index (χ3v) is 2.81. The first-order valence-corrected chi connectivity index (χ1v) is 5.34. The quantitative estimate of drug-likeness (QED) is 0.724. The van der Waals surface area contributed by atoms with E-state index >= 15 is 0 Å². The minimum Gasteiger partial charge on any atom is -0.371 e. The molecule has 0 atom stereocenters. The van der Waals surface area contributed by atoms with Crippen molar-refractivity contribution in [2.75, 3.05) is 23.9 Å². The predicted octanol–water partition coefficient (Wildman–Crippen LogP) is 3.10. The van der Waals surface area contributed by atoms with Crippen LogP contribution in [0.15, 0.2) is 24.3 Å². The molecule has 14 heavy (non-hydrogen) atoms. The van der Waals surface area contributed by atoms with Crippen molar-refractivity contribution in [1.82, 2.24) is 0 Å². The van der Waals surface area contributed by atoms with Crippen LogP contribution in [0.4, 0.5) is 5.69 Å². The van der Waals surface area contributed by atoms with Crippen LogP contribution in [-0.4, -0.2) is 19.0 Å². The van der Waals surface area contributed by atoms with E-state index in [9.17, 15) is 0 Å². The SMILES string of the molecule is Cl.ClCCCN1CCc2ccccc21. The Balaban J connectivity index is 0.000000980. The van der Waals surface area contributed by atoms with E-state index in [1.165, 1.54) is 17.7 Å². The van der Waals surface area contributed by atoms with Crippen molar-refractivity contribution in [3.8, 4) is 0 Å². The van der Waals surface area contributed by atoms with Gasteiger partial charge in [-0.1, -0.05) is 18.2 Å². The second kappa shape index (κ2) is 5.47. The highest BCUT2D eigenvalue weighted by Gasteiger charge is 2.16. The molecule has 1 aliphatic rings. The molecule has 0 aliphatic carbocycles. The zero-order valence-electron chi connectivity index (χ0n) is 8.08. The normalized spacial score (nSPS) is 13.6. The van der Waals surface area contributed by atoms with E-state index in [1.54, 1.807) is 0 Å². The topological polar surface area (TPSA) is 3.24 Å². The zero-order chi connectivity index (χ0) is 9.10. The van der Waals surface area contributed by atoms with Gasteiger partial charge < -0.3 is 4.90 Å². The molecule has 2 rings (SSSR count). The van der Waals surface area contributed by atoms with E-state index in [0.29, 0.717) is 0 Å². The molecule has 0 spiro atoms. The largest absolute Gasteiger partial charge is 0.371 e. The summed E-state index contributed by atoms with van der Waals surface area (Å²) in [7, 11) is 0. The highest BCUT2D eigenvalue weighted by Crippen LogP contribution is 2.27. The molecule has 1 aliphatic heterocycles. The molecule has 0 fully saturated rings. The Morgan fingerprint density at radius 1 is 1.29 bits per heavy atom. The molecule has 0 saturated heterocycles. The van der Waals surface area contributed by atoms with Crippen molar-refractivity contribution < 1.29 is 0 Å². The van der Waals surface area contributed by atoms with E-state index in [1.807, 2.05) is 0 Å². The Labute approximate surface area is 96.5 Å². The molecule has 3 heteroatoms. The smallest absolute Gasteiger partial charge is 0.0399 e. The molecule has 1 aromatic rings. The summed E-state index contributed by atoms with van der Waals surface area (Å²) in [6.07, 6.45) is 2.27. The highest BCUT2D eigenvalue weighted by atomic mass is 35.5. The van der Waals surface area contributed by atoms with Crippen LogP contribution in [0.2, 0.25) is 0 Å². The Morgan fingerprint density at radius 2 is 2.07 bits per heavy atom. The molecule has 0 unspecified atom stereocenters. The lowest BCUT2D eigenvalue weighted by atomic mass is 10.2. The number of benzene rings is 1. The van der Waals surface area contributed by atoms with Gasteiger partial charge in [0.05, 0.1) is 0 Å². The highest BCUT2D eigenvalue weighted by molar-refractivity contribution is 6.17. The van der Waals surface area contributed by atoms with Gasteiger partial charge in [0.25, 0.3) is 0 Å². The van der Waals surface area contributed by atoms with Crippen molar-refractivity contribution in [3.63, 3.8) is 0 Å². The number of para-hydroxylation sites is 1.